The van der Waals surface area contributed by atoms with Crippen molar-refractivity contribution in [3.05, 3.63) is 90.5 Å². The largest absolute Gasteiger partial charge is 0.534 e. The zero-order valence-corrected chi connectivity index (χ0v) is 16.5. The summed E-state index contributed by atoms with van der Waals surface area (Å²) in [4.78, 5) is 11.7. The van der Waals surface area contributed by atoms with Gasteiger partial charge in [0.15, 0.2) is 0 Å². The van der Waals surface area contributed by atoms with Gasteiger partial charge in [0.2, 0.25) is 0 Å². The molecule has 3 aromatic carbocycles. The minimum Gasteiger partial charge on any atom is -0.534 e. The molecule has 0 bridgehead atoms. The summed E-state index contributed by atoms with van der Waals surface area (Å²) in [5, 5.41) is 11.9. The first-order chi connectivity index (χ1) is 13.2. The summed E-state index contributed by atoms with van der Waals surface area (Å²) in [6.45, 7) is 2.17. The molecular formula is C23H24O3Si. The molecule has 0 saturated heterocycles. The number of unbranched alkanes of at least 4 members (excludes halogenated alkanes) is 1. The molecule has 0 heterocycles. The maximum absolute atomic E-state index is 11.7. The van der Waals surface area contributed by atoms with Crippen LogP contribution in [0.25, 0.3) is 0 Å². The van der Waals surface area contributed by atoms with Gasteiger partial charge in [0.25, 0.3) is 0 Å². The fraction of sp³-hybridized carbons (Fsp3) is 0.174. The van der Waals surface area contributed by atoms with E-state index in [0.29, 0.717) is 5.75 Å². The Bertz CT molecular complexity index is 839. The number of hydrogen-bond donors (Lipinski definition) is 1. The molecule has 0 atom stereocenters. The lowest BCUT2D eigenvalue weighted by Gasteiger charge is -2.33. The molecule has 0 radical (unpaired) electrons. The molecule has 0 amide bonds. The average Bonchev–Trinajstić information content (AvgIpc) is 2.72. The van der Waals surface area contributed by atoms with Crippen molar-refractivity contribution in [1.29, 1.82) is 0 Å². The van der Waals surface area contributed by atoms with E-state index in [1.165, 1.54) is 0 Å². The van der Waals surface area contributed by atoms with Gasteiger partial charge in [-0.1, -0.05) is 92.6 Å². The predicted molar refractivity (Wildman–Crippen MR) is 112 cm³/mol. The first-order valence-corrected chi connectivity index (χ1v) is 11.4. The average molecular weight is 377 g/mol. The molecule has 0 unspecified atom stereocenters. The number of hydrogen-bond acceptors (Lipinski definition) is 2. The molecule has 27 heavy (non-hydrogen) atoms. The third kappa shape index (κ3) is 4.12. The summed E-state index contributed by atoms with van der Waals surface area (Å²) in [6.07, 6.45) is 2.07. The van der Waals surface area contributed by atoms with Gasteiger partial charge in [0.05, 0.1) is 5.56 Å². The van der Waals surface area contributed by atoms with Crippen LogP contribution < -0.4 is 14.8 Å². The molecular weight excluding hydrogens is 352 g/mol. The lowest BCUT2D eigenvalue weighted by Crippen LogP contribution is -2.63. The first-order valence-electron chi connectivity index (χ1n) is 9.30. The second kappa shape index (κ2) is 8.69. The van der Waals surface area contributed by atoms with E-state index in [1.54, 1.807) is 18.2 Å². The third-order valence-corrected chi connectivity index (χ3v) is 8.92. The molecule has 0 spiro atoms. The Labute approximate surface area is 161 Å². The molecule has 138 valence electrons. The fourth-order valence-corrected chi connectivity index (χ4v) is 7.50. The van der Waals surface area contributed by atoms with Gasteiger partial charge in [-0.15, -0.1) is 0 Å². The molecule has 4 heteroatoms. The van der Waals surface area contributed by atoms with Crippen LogP contribution in [-0.4, -0.2) is 19.4 Å². The van der Waals surface area contributed by atoms with Gasteiger partial charge >= 0.3 is 14.3 Å². The second-order valence-corrected chi connectivity index (χ2v) is 10.1. The molecule has 1 N–H and O–H groups in total. The molecule has 0 aromatic heterocycles. The maximum Gasteiger partial charge on any atom is 0.339 e. The van der Waals surface area contributed by atoms with E-state index in [-0.39, 0.29) is 5.56 Å². The Morgan fingerprint density at radius 1 is 0.852 bits per heavy atom. The maximum atomic E-state index is 11.7. The number of carbonyl (C=O) groups is 1. The zero-order valence-electron chi connectivity index (χ0n) is 15.5. The van der Waals surface area contributed by atoms with E-state index in [9.17, 15) is 9.90 Å². The van der Waals surface area contributed by atoms with E-state index in [0.717, 1.165) is 29.3 Å². The molecule has 3 rings (SSSR count). The molecule has 0 aliphatic heterocycles. The number of benzene rings is 3. The normalized spacial score (nSPS) is 11.1. The fourth-order valence-electron chi connectivity index (χ4n) is 3.38. The highest BCUT2D eigenvalue weighted by atomic mass is 28.4. The van der Waals surface area contributed by atoms with Crippen LogP contribution in [0, 0.1) is 0 Å². The van der Waals surface area contributed by atoms with Crippen LogP contribution >= 0.6 is 0 Å². The number of aromatic carboxylic acids is 1. The minimum atomic E-state index is -2.65. The molecule has 0 aliphatic rings. The Morgan fingerprint density at radius 2 is 1.37 bits per heavy atom. The van der Waals surface area contributed by atoms with Crippen molar-refractivity contribution in [2.75, 3.05) is 0 Å². The van der Waals surface area contributed by atoms with E-state index in [1.807, 2.05) is 42.5 Å². The summed E-state index contributed by atoms with van der Waals surface area (Å²) in [5.41, 5.74) is 0.206. The molecule has 3 nitrogen and oxygen atoms in total. The van der Waals surface area contributed by atoms with Crippen molar-refractivity contribution in [2.24, 2.45) is 0 Å². The van der Waals surface area contributed by atoms with Gasteiger partial charge in [-0.25, -0.2) is 4.79 Å². The van der Waals surface area contributed by atoms with Crippen molar-refractivity contribution >= 4 is 24.7 Å². The smallest absolute Gasteiger partial charge is 0.339 e. The highest BCUT2D eigenvalue weighted by molar-refractivity contribution is 6.98. The van der Waals surface area contributed by atoms with Crippen molar-refractivity contribution in [1.82, 2.24) is 0 Å². The van der Waals surface area contributed by atoms with Crippen molar-refractivity contribution in [3.8, 4) is 5.75 Å². The lowest BCUT2D eigenvalue weighted by molar-refractivity contribution is 0.0695. The SMILES string of the molecule is CCCC[Si](Oc1ccccc1C(=O)O)(c1ccccc1)c1ccccc1. The highest BCUT2D eigenvalue weighted by Crippen LogP contribution is 2.25. The quantitative estimate of drug-likeness (QED) is 0.596. The van der Waals surface area contributed by atoms with Crippen LogP contribution in [0.2, 0.25) is 6.04 Å². The summed E-state index contributed by atoms with van der Waals surface area (Å²) >= 11 is 0. The summed E-state index contributed by atoms with van der Waals surface area (Å²) in [5.74, 6) is -0.523. The van der Waals surface area contributed by atoms with Crippen LogP contribution in [0.15, 0.2) is 84.9 Å². The van der Waals surface area contributed by atoms with Gasteiger partial charge in [-0.3, -0.25) is 0 Å². The number of carboxylic acids is 1. The van der Waals surface area contributed by atoms with Gasteiger partial charge in [0, 0.05) is 0 Å². The van der Waals surface area contributed by atoms with Crippen molar-refractivity contribution < 1.29 is 14.3 Å². The molecule has 0 saturated carbocycles. The zero-order chi connectivity index (χ0) is 19.1. The monoisotopic (exact) mass is 376 g/mol. The van der Waals surface area contributed by atoms with Crippen LogP contribution in [0.4, 0.5) is 0 Å². The number of para-hydroxylation sites is 1. The lowest BCUT2D eigenvalue weighted by atomic mass is 10.2. The van der Waals surface area contributed by atoms with Crippen LogP contribution in [0.3, 0.4) is 0 Å². The van der Waals surface area contributed by atoms with Crippen LogP contribution in [-0.2, 0) is 0 Å². The molecule has 0 fully saturated rings. The van der Waals surface area contributed by atoms with E-state index >= 15 is 0 Å². The van der Waals surface area contributed by atoms with Crippen LogP contribution in [0.1, 0.15) is 30.1 Å². The molecule has 0 aliphatic carbocycles. The number of carboxylic acid groups (broad SMARTS) is 1. The second-order valence-electron chi connectivity index (χ2n) is 6.57. The Morgan fingerprint density at radius 3 is 1.89 bits per heavy atom. The number of rotatable bonds is 8. The van der Waals surface area contributed by atoms with Gasteiger partial charge in [-0.05, 0) is 28.6 Å². The van der Waals surface area contributed by atoms with Gasteiger partial charge in [-0.2, -0.15) is 0 Å². The van der Waals surface area contributed by atoms with E-state index < -0.39 is 14.3 Å². The van der Waals surface area contributed by atoms with Gasteiger partial charge < -0.3 is 9.53 Å². The van der Waals surface area contributed by atoms with Crippen molar-refractivity contribution in [2.45, 2.75) is 25.8 Å². The Kier molecular flexibility index (Phi) is 6.09. The van der Waals surface area contributed by atoms with E-state index in [4.69, 9.17) is 4.43 Å². The third-order valence-electron chi connectivity index (χ3n) is 4.76. The molecule has 3 aromatic rings. The summed E-state index contributed by atoms with van der Waals surface area (Å²) in [7, 11) is -2.65. The van der Waals surface area contributed by atoms with E-state index in [2.05, 4.69) is 31.2 Å². The first kappa shape index (κ1) is 18.9. The highest BCUT2D eigenvalue weighted by Gasteiger charge is 2.41. The topological polar surface area (TPSA) is 46.5 Å². The van der Waals surface area contributed by atoms with Gasteiger partial charge in [0.1, 0.15) is 5.75 Å². The van der Waals surface area contributed by atoms with Crippen LogP contribution in [0.5, 0.6) is 5.75 Å². The Hall–Kier alpha value is -2.85. The standard InChI is InChI=1S/C23H24O3Si/c1-2-3-18-27(19-12-6-4-7-13-19,20-14-8-5-9-15-20)26-22-17-11-10-16-21(22)23(24)25/h4-17H,2-3,18H2,1H3,(H,24,25). The Balaban J connectivity index is 2.19. The summed E-state index contributed by atoms with van der Waals surface area (Å²) in [6, 6.07) is 28.4. The summed E-state index contributed by atoms with van der Waals surface area (Å²) < 4.78 is 6.73. The predicted octanol–water partition coefficient (Wildman–Crippen LogP) is 4.32. The minimum absolute atomic E-state index is 0.206. The van der Waals surface area contributed by atoms with Crippen molar-refractivity contribution in [3.63, 3.8) is 0 Å².